The number of hydrogen-bond donors (Lipinski definition) is 4. The molecule has 1 aliphatic heterocycles. The van der Waals surface area contributed by atoms with Crippen LogP contribution < -0.4 is 10.6 Å². The number of fused-ring (bicyclic) bond motifs is 1. The summed E-state index contributed by atoms with van der Waals surface area (Å²) in [6.45, 7) is 4.57. The van der Waals surface area contributed by atoms with E-state index in [0.29, 0.717) is 17.6 Å². The Kier molecular flexibility index (Phi) is 11.5. The summed E-state index contributed by atoms with van der Waals surface area (Å²) in [6, 6.07) is 18.4. The summed E-state index contributed by atoms with van der Waals surface area (Å²) in [5.41, 5.74) is 0.150. The van der Waals surface area contributed by atoms with Crippen molar-refractivity contribution in [3.8, 4) is 0 Å². The van der Waals surface area contributed by atoms with Gasteiger partial charge in [0.05, 0.1) is 30.3 Å². The highest BCUT2D eigenvalue weighted by molar-refractivity contribution is 7.99. The molecule has 41 heavy (non-hydrogen) atoms. The number of benzene rings is 2. The number of β-amino-alcohol motifs (C(OH)–C–C–N with tert-alkyl or cyclic N) is 1. The number of thioether (sulfide) groups is 1. The second-order valence-corrected chi connectivity index (χ2v) is 13.1. The van der Waals surface area contributed by atoms with Gasteiger partial charge >= 0.3 is 6.09 Å². The quantitative estimate of drug-likeness (QED) is 0.277. The number of hydrogen-bond acceptors (Lipinski definition) is 7. The number of ether oxygens (including phenoxy) is 1. The Morgan fingerprint density at radius 2 is 1.71 bits per heavy atom. The van der Waals surface area contributed by atoms with Crippen LogP contribution in [0.5, 0.6) is 0 Å². The molecule has 2 fully saturated rings. The smallest absolute Gasteiger partial charge is 0.407 e. The number of likely N-dealkylation sites (tertiary alicyclic amines) is 1. The third kappa shape index (κ3) is 9.46. The molecule has 5 atom stereocenters. The minimum Gasteiger partial charge on any atom is -0.445 e. The van der Waals surface area contributed by atoms with Crippen molar-refractivity contribution >= 4 is 23.8 Å². The molecule has 1 heterocycles. The maximum absolute atomic E-state index is 13.5. The molecular formula is C32H45N3O5S. The zero-order valence-corrected chi connectivity index (χ0v) is 25.0. The molecule has 9 heteroatoms. The molecule has 1 aliphatic carbocycles. The van der Waals surface area contributed by atoms with E-state index in [1.54, 1.807) is 25.6 Å². The SMILES string of the molecule is CC(C)(CO)NC(=O)C1CC2CCCCC2CN1CC(O)C(CSc1ccccc1)NC(=O)OCc1ccccc1. The van der Waals surface area contributed by atoms with E-state index in [9.17, 15) is 19.8 Å². The van der Waals surface area contributed by atoms with Crippen molar-refractivity contribution in [2.24, 2.45) is 11.8 Å². The first kappa shape index (κ1) is 31.3. The van der Waals surface area contributed by atoms with E-state index in [4.69, 9.17) is 4.74 Å². The molecule has 1 saturated heterocycles. The molecule has 2 amide bonds. The lowest BCUT2D eigenvalue weighted by atomic mass is 9.72. The second kappa shape index (κ2) is 15.0. The summed E-state index contributed by atoms with van der Waals surface area (Å²) in [5, 5.41) is 27.2. The van der Waals surface area contributed by atoms with Gasteiger partial charge in [-0.05, 0) is 56.2 Å². The van der Waals surface area contributed by atoms with Gasteiger partial charge in [-0.15, -0.1) is 11.8 Å². The molecule has 8 nitrogen and oxygen atoms in total. The monoisotopic (exact) mass is 583 g/mol. The fraction of sp³-hybridized carbons (Fsp3) is 0.562. The summed E-state index contributed by atoms with van der Waals surface area (Å²) in [5.74, 6) is 1.30. The van der Waals surface area contributed by atoms with Crippen molar-refractivity contribution in [3.05, 3.63) is 66.2 Å². The fourth-order valence-electron chi connectivity index (χ4n) is 5.87. The van der Waals surface area contributed by atoms with Gasteiger partial charge in [0.15, 0.2) is 0 Å². The van der Waals surface area contributed by atoms with Crippen LogP contribution in [0.1, 0.15) is 51.5 Å². The number of aliphatic hydroxyl groups is 2. The first-order valence-electron chi connectivity index (χ1n) is 14.7. The summed E-state index contributed by atoms with van der Waals surface area (Å²) in [6.07, 6.45) is 3.87. The van der Waals surface area contributed by atoms with Gasteiger partial charge < -0.3 is 25.6 Å². The molecular weight excluding hydrogens is 538 g/mol. The average Bonchev–Trinajstić information content (AvgIpc) is 2.98. The maximum Gasteiger partial charge on any atom is 0.407 e. The van der Waals surface area contributed by atoms with E-state index in [1.807, 2.05) is 60.7 Å². The topological polar surface area (TPSA) is 111 Å². The van der Waals surface area contributed by atoms with Gasteiger partial charge in [-0.1, -0.05) is 67.8 Å². The van der Waals surface area contributed by atoms with E-state index >= 15 is 0 Å². The van der Waals surface area contributed by atoms with Crippen LogP contribution in [0.4, 0.5) is 4.79 Å². The second-order valence-electron chi connectivity index (χ2n) is 12.0. The lowest BCUT2D eigenvalue weighted by Crippen LogP contribution is -2.61. The first-order valence-corrected chi connectivity index (χ1v) is 15.7. The van der Waals surface area contributed by atoms with Crippen LogP contribution in [0.2, 0.25) is 0 Å². The van der Waals surface area contributed by atoms with Crippen LogP contribution in [0.15, 0.2) is 65.6 Å². The van der Waals surface area contributed by atoms with Crippen molar-refractivity contribution in [2.75, 3.05) is 25.4 Å². The molecule has 0 bridgehead atoms. The summed E-state index contributed by atoms with van der Waals surface area (Å²) < 4.78 is 5.48. The van der Waals surface area contributed by atoms with Gasteiger partial charge in [-0.25, -0.2) is 4.79 Å². The van der Waals surface area contributed by atoms with E-state index in [2.05, 4.69) is 15.5 Å². The normalized spacial score (nSPS) is 22.7. The number of amides is 2. The number of carbonyl (C=O) groups is 2. The fourth-order valence-corrected chi connectivity index (χ4v) is 6.89. The number of rotatable bonds is 12. The summed E-state index contributed by atoms with van der Waals surface area (Å²) >= 11 is 1.56. The van der Waals surface area contributed by atoms with E-state index in [-0.39, 0.29) is 25.7 Å². The number of aliphatic hydroxyl groups excluding tert-OH is 2. The lowest BCUT2D eigenvalue weighted by Gasteiger charge is -2.47. The number of piperidine rings is 1. The van der Waals surface area contributed by atoms with Gasteiger partial charge in [0.1, 0.15) is 6.61 Å². The number of carbonyl (C=O) groups excluding carboxylic acids is 2. The van der Waals surface area contributed by atoms with E-state index in [0.717, 1.165) is 36.3 Å². The van der Waals surface area contributed by atoms with Crippen molar-refractivity contribution in [1.29, 1.82) is 0 Å². The molecule has 4 N–H and O–H groups in total. The molecule has 1 saturated carbocycles. The van der Waals surface area contributed by atoms with Crippen LogP contribution in [0.25, 0.3) is 0 Å². The van der Waals surface area contributed by atoms with E-state index in [1.165, 1.54) is 12.8 Å². The standard InChI is InChI=1S/C32H45N3O5S/c1-32(2,22-36)34-30(38)28-17-24-13-9-10-14-25(24)18-35(28)19-29(37)27(21-41-26-15-7-4-8-16-26)33-31(39)40-20-23-11-5-3-6-12-23/h3-8,11-12,15-16,24-25,27-29,36-37H,9-10,13-14,17-22H2,1-2H3,(H,33,39)(H,34,38). The van der Waals surface area contributed by atoms with Crippen molar-refractivity contribution in [1.82, 2.24) is 15.5 Å². The van der Waals surface area contributed by atoms with E-state index < -0.39 is 29.8 Å². The minimum atomic E-state index is -0.920. The molecule has 5 unspecified atom stereocenters. The molecule has 4 rings (SSSR count). The molecule has 0 aromatic heterocycles. The Morgan fingerprint density at radius 3 is 2.39 bits per heavy atom. The largest absolute Gasteiger partial charge is 0.445 e. The Labute approximate surface area is 248 Å². The third-order valence-corrected chi connectivity index (χ3v) is 9.37. The van der Waals surface area contributed by atoms with Gasteiger partial charge in [-0.2, -0.15) is 0 Å². The van der Waals surface area contributed by atoms with Crippen LogP contribution in [-0.4, -0.2) is 76.3 Å². The molecule has 2 aliphatic rings. The Hall–Kier alpha value is -2.59. The molecule has 2 aromatic carbocycles. The van der Waals surface area contributed by atoms with Crippen molar-refractivity contribution < 1.29 is 24.5 Å². The molecule has 2 aromatic rings. The molecule has 0 spiro atoms. The highest BCUT2D eigenvalue weighted by Gasteiger charge is 2.42. The van der Waals surface area contributed by atoms with Crippen LogP contribution in [0.3, 0.4) is 0 Å². The minimum absolute atomic E-state index is 0.120. The highest BCUT2D eigenvalue weighted by atomic mass is 32.2. The number of nitrogens with one attached hydrogen (secondary N) is 2. The van der Waals surface area contributed by atoms with Gasteiger partial charge in [0, 0.05) is 23.7 Å². The first-order chi connectivity index (χ1) is 19.7. The van der Waals surface area contributed by atoms with Crippen LogP contribution >= 0.6 is 11.8 Å². The third-order valence-electron chi connectivity index (χ3n) is 8.24. The zero-order chi connectivity index (χ0) is 29.2. The maximum atomic E-state index is 13.5. The van der Waals surface area contributed by atoms with Gasteiger partial charge in [0.25, 0.3) is 0 Å². The number of alkyl carbamates (subject to hydrolysis) is 1. The molecule has 0 radical (unpaired) electrons. The number of nitrogens with zero attached hydrogens (tertiary/aromatic N) is 1. The Balaban J connectivity index is 1.46. The van der Waals surface area contributed by atoms with Crippen LogP contribution in [0, 0.1) is 11.8 Å². The van der Waals surface area contributed by atoms with Gasteiger partial charge in [-0.3, -0.25) is 9.69 Å². The average molecular weight is 584 g/mol. The van der Waals surface area contributed by atoms with Gasteiger partial charge in [0.2, 0.25) is 5.91 Å². The van der Waals surface area contributed by atoms with Crippen LogP contribution in [-0.2, 0) is 16.1 Å². The van der Waals surface area contributed by atoms with Crippen molar-refractivity contribution in [2.45, 2.75) is 81.2 Å². The zero-order valence-electron chi connectivity index (χ0n) is 24.2. The Bertz CT molecular complexity index is 1100. The summed E-state index contributed by atoms with van der Waals surface area (Å²) in [4.78, 5) is 29.4. The molecule has 224 valence electrons. The predicted molar refractivity (Wildman–Crippen MR) is 161 cm³/mol. The lowest BCUT2D eigenvalue weighted by molar-refractivity contribution is -0.133. The summed E-state index contributed by atoms with van der Waals surface area (Å²) in [7, 11) is 0. The highest BCUT2D eigenvalue weighted by Crippen LogP contribution is 2.39. The predicted octanol–water partition coefficient (Wildman–Crippen LogP) is 4.20. The Morgan fingerprint density at radius 1 is 1.05 bits per heavy atom. The van der Waals surface area contributed by atoms with Crippen molar-refractivity contribution in [3.63, 3.8) is 0 Å².